The van der Waals surface area contributed by atoms with Crippen molar-refractivity contribution in [3.05, 3.63) is 29.8 Å². The number of nitriles is 1. The molecule has 64 valence electrons. The zero-order valence-corrected chi connectivity index (χ0v) is 7.93. The Bertz CT molecular complexity index is 272. The lowest BCUT2D eigenvalue weighted by molar-refractivity contribution is 1.13. The molecule has 0 spiro atoms. The third-order valence-electron chi connectivity index (χ3n) is 1.51. The molecular formula is C9H11ClN2. The van der Waals surface area contributed by atoms with Crippen molar-refractivity contribution in [2.75, 3.05) is 19.0 Å². The fourth-order valence-corrected chi connectivity index (χ4v) is 0.834. The summed E-state index contributed by atoms with van der Waals surface area (Å²) < 4.78 is 0. The van der Waals surface area contributed by atoms with E-state index < -0.39 is 0 Å². The van der Waals surface area contributed by atoms with Crippen molar-refractivity contribution in [2.45, 2.75) is 0 Å². The molecule has 0 fully saturated rings. The van der Waals surface area contributed by atoms with Crippen LogP contribution in [0.15, 0.2) is 24.3 Å². The van der Waals surface area contributed by atoms with Crippen LogP contribution in [0.2, 0.25) is 0 Å². The van der Waals surface area contributed by atoms with Crippen LogP contribution in [-0.4, -0.2) is 14.1 Å². The normalized spacial score (nSPS) is 8.08. The Hall–Kier alpha value is -1.20. The van der Waals surface area contributed by atoms with Crippen molar-refractivity contribution in [3.8, 4) is 6.07 Å². The summed E-state index contributed by atoms with van der Waals surface area (Å²) in [6, 6.07) is 9.56. The molecule has 0 aromatic heterocycles. The second-order valence-corrected chi connectivity index (χ2v) is 2.55. The third-order valence-corrected chi connectivity index (χ3v) is 1.51. The smallest absolute Gasteiger partial charge is 0.0991 e. The number of anilines is 1. The molecule has 12 heavy (non-hydrogen) atoms. The Balaban J connectivity index is 0.00000121. The molecule has 0 radical (unpaired) electrons. The predicted octanol–water partition coefficient (Wildman–Crippen LogP) is 2.05. The summed E-state index contributed by atoms with van der Waals surface area (Å²) in [6.45, 7) is 0. The molecule has 1 rings (SSSR count). The van der Waals surface area contributed by atoms with Crippen molar-refractivity contribution >= 4 is 18.1 Å². The van der Waals surface area contributed by atoms with Gasteiger partial charge in [-0.05, 0) is 24.3 Å². The molecule has 1 aromatic rings. The largest absolute Gasteiger partial charge is 0.378 e. The Morgan fingerprint density at radius 2 is 1.67 bits per heavy atom. The molecule has 0 amide bonds. The molecule has 1 aromatic carbocycles. The minimum absolute atomic E-state index is 0. The summed E-state index contributed by atoms with van der Waals surface area (Å²) in [7, 11) is 3.95. The lowest BCUT2D eigenvalue weighted by Gasteiger charge is -2.11. The predicted molar refractivity (Wildman–Crippen MR) is 52.7 cm³/mol. The summed E-state index contributed by atoms with van der Waals surface area (Å²) in [6.07, 6.45) is 0. The van der Waals surface area contributed by atoms with E-state index >= 15 is 0 Å². The minimum Gasteiger partial charge on any atom is -0.378 e. The minimum atomic E-state index is 0. The van der Waals surface area contributed by atoms with E-state index in [4.69, 9.17) is 5.26 Å². The maximum atomic E-state index is 8.50. The Kier molecular flexibility index (Phi) is 4.17. The van der Waals surface area contributed by atoms with Gasteiger partial charge in [0, 0.05) is 19.8 Å². The van der Waals surface area contributed by atoms with E-state index in [-0.39, 0.29) is 12.4 Å². The maximum absolute atomic E-state index is 8.50. The topological polar surface area (TPSA) is 27.0 Å². The fourth-order valence-electron chi connectivity index (χ4n) is 0.834. The van der Waals surface area contributed by atoms with E-state index in [0.29, 0.717) is 5.56 Å². The van der Waals surface area contributed by atoms with Gasteiger partial charge in [0.25, 0.3) is 0 Å². The molecule has 0 aliphatic rings. The van der Waals surface area contributed by atoms with Crippen LogP contribution in [0.1, 0.15) is 5.56 Å². The first kappa shape index (κ1) is 10.8. The Labute approximate surface area is 78.8 Å². The van der Waals surface area contributed by atoms with Gasteiger partial charge in [0.15, 0.2) is 0 Å². The Morgan fingerprint density at radius 3 is 2.00 bits per heavy atom. The molecule has 0 saturated carbocycles. The van der Waals surface area contributed by atoms with E-state index in [1.54, 1.807) is 0 Å². The first-order chi connectivity index (χ1) is 5.24. The maximum Gasteiger partial charge on any atom is 0.0991 e. The fraction of sp³-hybridized carbons (Fsp3) is 0.222. The van der Waals surface area contributed by atoms with E-state index in [0.717, 1.165) is 5.69 Å². The van der Waals surface area contributed by atoms with Crippen LogP contribution in [0.4, 0.5) is 5.69 Å². The number of benzene rings is 1. The van der Waals surface area contributed by atoms with Gasteiger partial charge >= 0.3 is 0 Å². The van der Waals surface area contributed by atoms with Gasteiger partial charge in [-0.3, -0.25) is 0 Å². The number of hydrogen-bond donors (Lipinski definition) is 0. The second-order valence-electron chi connectivity index (χ2n) is 2.55. The van der Waals surface area contributed by atoms with E-state index in [1.807, 2.05) is 43.3 Å². The zero-order valence-electron chi connectivity index (χ0n) is 7.11. The van der Waals surface area contributed by atoms with E-state index in [2.05, 4.69) is 6.07 Å². The molecule has 0 aliphatic carbocycles. The van der Waals surface area contributed by atoms with E-state index in [9.17, 15) is 0 Å². The molecule has 0 bridgehead atoms. The molecule has 0 saturated heterocycles. The van der Waals surface area contributed by atoms with Gasteiger partial charge in [-0.2, -0.15) is 5.26 Å². The summed E-state index contributed by atoms with van der Waals surface area (Å²) in [4.78, 5) is 2.00. The van der Waals surface area contributed by atoms with Crippen LogP contribution in [0.25, 0.3) is 0 Å². The summed E-state index contributed by atoms with van der Waals surface area (Å²) >= 11 is 0. The van der Waals surface area contributed by atoms with Crippen LogP contribution < -0.4 is 4.90 Å². The molecule has 2 nitrogen and oxygen atoms in total. The van der Waals surface area contributed by atoms with Crippen molar-refractivity contribution in [1.29, 1.82) is 5.26 Å². The van der Waals surface area contributed by atoms with Crippen molar-refractivity contribution < 1.29 is 0 Å². The van der Waals surface area contributed by atoms with Gasteiger partial charge in [-0.25, -0.2) is 0 Å². The highest BCUT2D eigenvalue weighted by molar-refractivity contribution is 5.85. The SMILES string of the molecule is CN(C)c1ccc(C#N)cc1.Cl. The molecule has 0 N–H and O–H groups in total. The van der Waals surface area contributed by atoms with Gasteiger partial charge < -0.3 is 4.90 Å². The van der Waals surface area contributed by atoms with Crippen LogP contribution >= 0.6 is 12.4 Å². The molecule has 0 atom stereocenters. The average Bonchev–Trinajstić information content (AvgIpc) is 2.05. The van der Waals surface area contributed by atoms with Crippen LogP contribution in [0, 0.1) is 11.3 Å². The molecule has 0 heterocycles. The average molecular weight is 183 g/mol. The number of halogens is 1. The van der Waals surface area contributed by atoms with Gasteiger partial charge in [0.2, 0.25) is 0 Å². The Morgan fingerprint density at radius 1 is 1.17 bits per heavy atom. The lowest BCUT2D eigenvalue weighted by atomic mass is 10.2. The highest BCUT2D eigenvalue weighted by atomic mass is 35.5. The summed E-state index contributed by atoms with van der Waals surface area (Å²) in [5.41, 5.74) is 1.82. The number of rotatable bonds is 1. The van der Waals surface area contributed by atoms with Crippen molar-refractivity contribution in [3.63, 3.8) is 0 Å². The standard InChI is InChI=1S/C9H10N2.ClH/c1-11(2)9-5-3-8(7-10)4-6-9;/h3-6H,1-2H3;1H. The monoisotopic (exact) mass is 182 g/mol. The van der Waals surface area contributed by atoms with Gasteiger partial charge in [-0.15, -0.1) is 12.4 Å². The second kappa shape index (κ2) is 4.63. The number of hydrogen-bond acceptors (Lipinski definition) is 2. The van der Waals surface area contributed by atoms with Crippen molar-refractivity contribution in [1.82, 2.24) is 0 Å². The van der Waals surface area contributed by atoms with E-state index in [1.165, 1.54) is 0 Å². The van der Waals surface area contributed by atoms with Crippen LogP contribution in [0.5, 0.6) is 0 Å². The lowest BCUT2D eigenvalue weighted by Crippen LogP contribution is -2.07. The highest BCUT2D eigenvalue weighted by Crippen LogP contribution is 2.10. The third kappa shape index (κ3) is 2.44. The highest BCUT2D eigenvalue weighted by Gasteiger charge is 1.93. The summed E-state index contributed by atoms with van der Waals surface area (Å²) in [5, 5.41) is 8.50. The summed E-state index contributed by atoms with van der Waals surface area (Å²) in [5.74, 6) is 0. The van der Waals surface area contributed by atoms with Gasteiger partial charge in [0.1, 0.15) is 0 Å². The zero-order chi connectivity index (χ0) is 8.27. The molecular weight excluding hydrogens is 172 g/mol. The number of nitrogens with zero attached hydrogens (tertiary/aromatic N) is 2. The molecule has 0 aliphatic heterocycles. The van der Waals surface area contributed by atoms with Crippen LogP contribution in [0.3, 0.4) is 0 Å². The van der Waals surface area contributed by atoms with Crippen LogP contribution in [-0.2, 0) is 0 Å². The van der Waals surface area contributed by atoms with Gasteiger partial charge in [0.05, 0.1) is 11.6 Å². The quantitative estimate of drug-likeness (QED) is 0.665. The molecule has 3 heteroatoms. The molecule has 0 unspecified atom stereocenters. The van der Waals surface area contributed by atoms with Crippen molar-refractivity contribution in [2.24, 2.45) is 0 Å². The first-order valence-corrected chi connectivity index (χ1v) is 3.41. The first-order valence-electron chi connectivity index (χ1n) is 3.41. The van der Waals surface area contributed by atoms with Gasteiger partial charge in [-0.1, -0.05) is 0 Å².